The second-order valence-electron chi connectivity index (χ2n) is 4.35. The van der Waals surface area contributed by atoms with E-state index in [0.717, 1.165) is 5.56 Å². The van der Waals surface area contributed by atoms with Crippen molar-refractivity contribution in [1.29, 1.82) is 0 Å². The molecule has 0 aliphatic heterocycles. The highest BCUT2D eigenvalue weighted by molar-refractivity contribution is 7.86. The molecule has 0 fully saturated rings. The van der Waals surface area contributed by atoms with Gasteiger partial charge in [0.15, 0.2) is 0 Å². The lowest BCUT2D eigenvalue weighted by molar-refractivity contribution is 0.356. The maximum Gasteiger partial charge on any atom is 0.281 e. The average Bonchev–Trinajstić information content (AvgIpc) is 2.29. The van der Waals surface area contributed by atoms with E-state index in [2.05, 4.69) is 0 Å². The molecule has 0 saturated carbocycles. The van der Waals surface area contributed by atoms with Crippen LogP contribution in [-0.2, 0) is 16.6 Å². The summed E-state index contributed by atoms with van der Waals surface area (Å²) in [7, 11) is 1.37. The smallest absolute Gasteiger partial charge is 0.195 e. The van der Waals surface area contributed by atoms with Gasteiger partial charge in [0.1, 0.15) is 0 Å². The first kappa shape index (κ1) is 14.2. The molecule has 0 aromatic heterocycles. The van der Waals surface area contributed by atoms with Gasteiger partial charge < -0.3 is 0 Å². The average molecular weight is 256 g/mol. The zero-order valence-electron chi connectivity index (χ0n) is 10.8. The highest BCUT2D eigenvalue weighted by Crippen LogP contribution is 2.12. The molecule has 0 amide bonds. The van der Waals surface area contributed by atoms with Gasteiger partial charge in [-0.3, -0.25) is 0 Å². The van der Waals surface area contributed by atoms with E-state index < -0.39 is 10.2 Å². The van der Waals surface area contributed by atoms with Crippen LogP contribution in [0, 0.1) is 0 Å². The number of benzene rings is 1. The molecule has 5 heteroatoms. The molecule has 1 atom stereocenters. The molecule has 1 aromatic carbocycles. The monoisotopic (exact) mass is 256 g/mol. The minimum Gasteiger partial charge on any atom is -0.195 e. The Labute approximate surface area is 104 Å². The summed E-state index contributed by atoms with van der Waals surface area (Å²) in [6.45, 7) is 1.91. The van der Waals surface area contributed by atoms with Gasteiger partial charge in [-0.1, -0.05) is 30.3 Å². The van der Waals surface area contributed by atoms with E-state index in [1.807, 2.05) is 37.3 Å². The zero-order chi connectivity index (χ0) is 13.1. The highest BCUT2D eigenvalue weighted by Gasteiger charge is 2.25. The lowest BCUT2D eigenvalue weighted by Gasteiger charge is -2.27. The van der Waals surface area contributed by atoms with Crippen LogP contribution in [-0.4, -0.2) is 44.2 Å². The molecule has 0 saturated heterocycles. The molecule has 0 radical (unpaired) electrons. The van der Waals surface area contributed by atoms with Crippen molar-refractivity contribution < 1.29 is 8.42 Å². The molecule has 0 unspecified atom stereocenters. The summed E-state index contributed by atoms with van der Waals surface area (Å²) in [5, 5.41) is 0. The predicted octanol–water partition coefficient (Wildman–Crippen LogP) is 1.36. The van der Waals surface area contributed by atoms with Crippen molar-refractivity contribution in [2.75, 3.05) is 21.1 Å². The molecule has 4 nitrogen and oxygen atoms in total. The van der Waals surface area contributed by atoms with Crippen LogP contribution >= 0.6 is 0 Å². The van der Waals surface area contributed by atoms with Crippen molar-refractivity contribution in [2.24, 2.45) is 0 Å². The Morgan fingerprint density at radius 2 is 1.65 bits per heavy atom. The third kappa shape index (κ3) is 3.52. The summed E-state index contributed by atoms with van der Waals surface area (Å²) in [6, 6.07) is 9.82. The molecule has 0 spiro atoms. The van der Waals surface area contributed by atoms with Gasteiger partial charge in [-0.2, -0.15) is 17.0 Å². The third-order valence-corrected chi connectivity index (χ3v) is 4.83. The molecule has 0 aliphatic rings. The van der Waals surface area contributed by atoms with E-state index in [9.17, 15) is 8.42 Å². The van der Waals surface area contributed by atoms with Crippen molar-refractivity contribution in [2.45, 2.75) is 19.4 Å². The van der Waals surface area contributed by atoms with E-state index >= 15 is 0 Å². The Bertz CT molecular complexity index is 443. The van der Waals surface area contributed by atoms with Crippen LogP contribution in [0.3, 0.4) is 0 Å². The minimum absolute atomic E-state index is 0.0650. The topological polar surface area (TPSA) is 40.6 Å². The fourth-order valence-electron chi connectivity index (χ4n) is 1.57. The van der Waals surface area contributed by atoms with Crippen LogP contribution in [0.4, 0.5) is 0 Å². The summed E-state index contributed by atoms with van der Waals surface area (Å²) in [5.41, 5.74) is 1.14. The summed E-state index contributed by atoms with van der Waals surface area (Å²) in [6.07, 6.45) is 0.713. The van der Waals surface area contributed by atoms with Crippen molar-refractivity contribution >= 4 is 10.2 Å². The van der Waals surface area contributed by atoms with E-state index in [1.165, 1.54) is 8.61 Å². The van der Waals surface area contributed by atoms with Gasteiger partial charge in [0, 0.05) is 27.2 Å². The standard InChI is InChI=1S/C12H20N2O2S/c1-11(10-12-8-6-5-7-9-12)14(4)17(15,16)13(2)3/h5-9,11H,10H2,1-4H3/t11-/m1/s1. The number of nitrogens with zero attached hydrogens (tertiary/aromatic N) is 2. The Hall–Kier alpha value is -0.910. The summed E-state index contributed by atoms with van der Waals surface area (Å²) in [5.74, 6) is 0. The van der Waals surface area contributed by atoms with Gasteiger partial charge in [0.25, 0.3) is 10.2 Å². The Kier molecular flexibility index (Phi) is 4.68. The second kappa shape index (κ2) is 5.62. The van der Waals surface area contributed by atoms with Gasteiger partial charge in [0.05, 0.1) is 0 Å². The maximum atomic E-state index is 11.9. The fraction of sp³-hybridized carbons (Fsp3) is 0.500. The third-order valence-electron chi connectivity index (χ3n) is 2.82. The first-order chi connectivity index (χ1) is 7.85. The minimum atomic E-state index is -3.33. The lowest BCUT2D eigenvalue weighted by Crippen LogP contribution is -2.43. The molecule has 96 valence electrons. The molecule has 1 rings (SSSR count). The number of rotatable bonds is 5. The van der Waals surface area contributed by atoms with Crippen LogP contribution in [0.2, 0.25) is 0 Å². The van der Waals surface area contributed by atoms with E-state index in [0.29, 0.717) is 6.42 Å². The van der Waals surface area contributed by atoms with Crippen LogP contribution < -0.4 is 0 Å². The molecule has 0 N–H and O–H groups in total. The van der Waals surface area contributed by atoms with Gasteiger partial charge in [-0.15, -0.1) is 0 Å². The normalized spacial score (nSPS) is 14.2. The summed E-state index contributed by atoms with van der Waals surface area (Å²) in [4.78, 5) is 0. The first-order valence-electron chi connectivity index (χ1n) is 5.55. The number of likely N-dealkylation sites (N-methyl/N-ethyl adjacent to an activating group) is 1. The number of hydrogen-bond acceptors (Lipinski definition) is 2. The molecule has 1 aromatic rings. The zero-order valence-corrected chi connectivity index (χ0v) is 11.6. The maximum absolute atomic E-state index is 11.9. The molecular weight excluding hydrogens is 236 g/mol. The molecular formula is C12H20N2O2S. The van der Waals surface area contributed by atoms with E-state index in [4.69, 9.17) is 0 Å². The van der Waals surface area contributed by atoms with Crippen molar-refractivity contribution in [1.82, 2.24) is 8.61 Å². The first-order valence-corrected chi connectivity index (χ1v) is 6.95. The van der Waals surface area contributed by atoms with Crippen molar-refractivity contribution in [3.63, 3.8) is 0 Å². The molecule has 17 heavy (non-hydrogen) atoms. The quantitative estimate of drug-likeness (QED) is 0.798. The second-order valence-corrected chi connectivity index (χ2v) is 6.55. The number of hydrogen-bond donors (Lipinski definition) is 0. The Morgan fingerprint density at radius 3 is 2.12 bits per heavy atom. The largest absolute Gasteiger partial charge is 0.281 e. The van der Waals surface area contributed by atoms with Crippen LogP contribution in [0.1, 0.15) is 12.5 Å². The molecule has 0 heterocycles. The van der Waals surface area contributed by atoms with E-state index in [1.54, 1.807) is 21.1 Å². The highest BCUT2D eigenvalue weighted by atomic mass is 32.2. The summed E-state index contributed by atoms with van der Waals surface area (Å²) < 4.78 is 26.5. The molecule has 0 aliphatic carbocycles. The van der Waals surface area contributed by atoms with Gasteiger partial charge >= 0.3 is 0 Å². The van der Waals surface area contributed by atoms with Gasteiger partial charge in [0.2, 0.25) is 0 Å². The van der Waals surface area contributed by atoms with Gasteiger partial charge in [-0.05, 0) is 18.9 Å². The van der Waals surface area contributed by atoms with Crippen molar-refractivity contribution in [3.8, 4) is 0 Å². The van der Waals surface area contributed by atoms with E-state index in [-0.39, 0.29) is 6.04 Å². The molecule has 0 bridgehead atoms. The van der Waals surface area contributed by atoms with Crippen LogP contribution in [0.5, 0.6) is 0 Å². The van der Waals surface area contributed by atoms with Gasteiger partial charge in [-0.25, -0.2) is 0 Å². The predicted molar refractivity (Wildman–Crippen MR) is 70.0 cm³/mol. The Balaban J connectivity index is 2.75. The summed E-state index contributed by atoms with van der Waals surface area (Å²) >= 11 is 0. The SMILES string of the molecule is C[C@H](Cc1ccccc1)N(C)S(=O)(=O)N(C)C. The van der Waals surface area contributed by atoms with Crippen LogP contribution in [0.15, 0.2) is 30.3 Å². The fourth-order valence-corrected chi connectivity index (χ4v) is 2.61. The van der Waals surface area contributed by atoms with Crippen molar-refractivity contribution in [3.05, 3.63) is 35.9 Å². The lowest BCUT2D eigenvalue weighted by atomic mass is 10.1. The van der Waals surface area contributed by atoms with Crippen LogP contribution in [0.25, 0.3) is 0 Å². The Morgan fingerprint density at radius 1 is 1.12 bits per heavy atom.